The predicted octanol–water partition coefficient (Wildman–Crippen LogP) is 6.18. The van der Waals surface area contributed by atoms with E-state index in [2.05, 4.69) is 49.8 Å². The van der Waals surface area contributed by atoms with Crippen molar-refractivity contribution >= 4 is 58.5 Å². The van der Waals surface area contributed by atoms with Gasteiger partial charge in [0.15, 0.2) is 5.75 Å². The van der Waals surface area contributed by atoms with E-state index in [9.17, 15) is 24.4 Å². The van der Waals surface area contributed by atoms with E-state index in [0.29, 0.717) is 57.4 Å². The third-order valence-electron chi connectivity index (χ3n) is 15.2. The van der Waals surface area contributed by atoms with Gasteiger partial charge < -0.3 is 24.2 Å². The van der Waals surface area contributed by atoms with Crippen LogP contribution in [0.2, 0.25) is 5.02 Å². The molecule has 3 aromatic carbocycles. The van der Waals surface area contributed by atoms with E-state index < -0.39 is 29.2 Å². The van der Waals surface area contributed by atoms with Crippen LogP contribution in [0, 0.1) is 16.7 Å². The Morgan fingerprint density at radius 3 is 2.26 bits per heavy atom. The van der Waals surface area contributed by atoms with Crippen molar-refractivity contribution in [1.82, 2.24) is 30.0 Å². The van der Waals surface area contributed by atoms with Gasteiger partial charge in [-0.1, -0.05) is 37.6 Å². The summed E-state index contributed by atoms with van der Waals surface area (Å²) >= 11 is 12.4. The molecule has 7 heterocycles. The van der Waals surface area contributed by atoms with E-state index >= 15 is 0 Å². The van der Waals surface area contributed by atoms with E-state index in [0.717, 1.165) is 104 Å². The zero-order chi connectivity index (χ0) is 47.3. The lowest BCUT2D eigenvalue weighted by molar-refractivity contribution is -0.136. The molecule has 0 aliphatic carbocycles. The molecule has 4 amide bonds. The number of hydrogen-bond acceptors (Lipinski definition) is 13. The molecule has 1 spiro atoms. The molecule has 6 aliphatic rings. The number of nitrogens with one attached hydrogen (secondary N) is 1. The number of carbonyl (C=O) groups excluding carboxylic acids is 4. The number of halogens is 2. The molecule has 10 rings (SSSR count). The summed E-state index contributed by atoms with van der Waals surface area (Å²) in [6.07, 6.45) is 6.74. The fraction of sp³-hybridized carbons (Fsp3) is 0.471. The lowest BCUT2D eigenvalue weighted by atomic mass is 9.71. The lowest BCUT2D eigenvalue weighted by Crippen LogP contribution is -2.63. The highest BCUT2D eigenvalue weighted by atomic mass is 35.5. The molecule has 17 heteroatoms. The van der Waals surface area contributed by atoms with Crippen molar-refractivity contribution in [3.05, 3.63) is 105 Å². The monoisotopic (exact) mass is 959 g/mol. The van der Waals surface area contributed by atoms with Crippen LogP contribution in [-0.4, -0.2) is 131 Å². The highest BCUT2D eigenvalue weighted by molar-refractivity contribution is 6.32. The largest absolute Gasteiger partial charge is 0.489 e. The van der Waals surface area contributed by atoms with Crippen molar-refractivity contribution in [3.8, 4) is 17.6 Å². The number of ether oxygens (including phenoxy) is 2. The molecule has 1 atom stereocenters. The summed E-state index contributed by atoms with van der Waals surface area (Å²) in [6, 6.07) is 21.2. The van der Waals surface area contributed by atoms with Crippen molar-refractivity contribution in [1.29, 1.82) is 5.26 Å². The van der Waals surface area contributed by atoms with Crippen LogP contribution in [0.3, 0.4) is 0 Å². The highest BCUT2D eigenvalue weighted by Crippen LogP contribution is 2.43. The van der Waals surface area contributed by atoms with Crippen LogP contribution in [0.25, 0.3) is 0 Å². The molecular weight excluding hydrogens is 906 g/mol. The third kappa shape index (κ3) is 8.76. The zero-order valence-corrected chi connectivity index (χ0v) is 39.9. The van der Waals surface area contributed by atoms with Crippen LogP contribution in [-0.2, 0) is 21.6 Å². The van der Waals surface area contributed by atoms with E-state index in [4.69, 9.17) is 37.7 Å². The molecule has 0 bridgehead atoms. The smallest absolute Gasteiger partial charge is 0.262 e. The zero-order valence-electron chi connectivity index (χ0n) is 38.4. The summed E-state index contributed by atoms with van der Waals surface area (Å²) in [7, 11) is 0. The molecule has 0 radical (unpaired) electrons. The molecule has 6 aliphatic heterocycles. The summed E-state index contributed by atoms with van der Waals surface area (Å²) in [5.41, 5.74) is 4.54. The maximum absolute atomic E-state index is 13.4. The molecule has 15 nitrogen and oxygen atoms in total. The quantitative estimate of drug-likeness (QED) is 0.120. The molecule has 4 aromatic rings. The second kappa shape index (κ2) is 18.6. The number of piperidine rings is 3. The highest BCUT2D eigenvalue weighted by Gasteiger charge is 2.48. The van der Waals surface area contributed by atoms with Gasteiger partial charge in [0.25, 0.3) is 11.8 Å². The van der Waals surface area contributed by atoms with Crippen LogP contribution in [0.4, 0.5) is 11.6 Å². The Balaban J connectivity index is 0.655. The molecule has 5 saturated heterocycles. The van der Waals surface area contributed by atoms with E-state index in [-0.39, 0.29) is 25.4 Å². The average Bonchev–Trinajstić information content (AvgIpc) is 3.56. The van der Waals surface area contributed by atoms with Gasteiger partial charge in [0.05, 0.1) is 33.3 Å². The van der Waals surface area contributed by atoms with Crippen LogP contribution in [0.5, 0.6) is 11.5 Å². The number of nitrogens with zero attached hydrogens (tertiary/aromatic N) is 8. The molecule has 354 valence electrons. The van der Waals surface area contributed by atoms with Crippen LogP contribution < -0.4 is 24.6 Å². The maximum Gasteiger partial charge on any atom is 0.262 e. The average molecular weight is 961 g/mol. The SMILES string of the molecule is CC(C)(c1ccc(OCc2ccnc(N3CC4(CCN(C5CCN(C6CN(c7ccc8c(c7)C(=O)N(C7CCC(=O)NC7=O)C8=O)C6)CC5)CC4)C3)n2)cc1)c1cc(Cl)c(OCCCl)c(C#N)c1. The normalized spacial score (nSPS) is 21.3. The Labute approximate surface area is 406 Å². The molecule has 1 unspecified atom stereocenters. The number of carbonyl (C=O) groups is 4. The number of hydrogen-bond donors (Lipinski definition) is 1. The first-order valence-electron chi connectivity index (χ1n) is 23.6. The Bertz CT molecular complexity index is 2660. The number of anilines is 2. The van der Waals surface area contributed by atoms with Crippen LogP contribution in [0.15, 0.2) is 66.9 Å². The Morgan fingerprint density at radius 1 is 0.838 bits per heavy atom. The molecule has 0 saturated carbocycles. The second-order valence-electron chi connectivity index (χ2n) is 19.7. The maximum atomic E-state index is 13.4. The second-order valence-corrected chi connectivity index (χ2v) is 20.5. The number of alkyl halides is 1. The lowest BCUT2D eigenvalue weighted by Gasteiger charge is -2.55. The van der Waals surface area contributed by atoms with Crippen molar-refractivity contribution in [2.75, 3.05) is 74.6 Å². The number of benzene rings is 3. The van der Waals surface area contributed by atoms with Crippen molar-refractivity contribution in [2.45, 2.75) is 82.5 Å². The topological polar surface area (TPSA) is 165 Å². The summed E-state index contributed by atoms with van der Waals surface area (Å²) in [4.78, 5) is 71.1. The number of rotatable bonds is 13. The molecular formula is C51H55Cl2N9O6. The van der Waals surface area contributed by atoms with Gasteiger partial charge >= 0.3 is 0 Å². The standard InChI is InChI=1S/C51H55Cl2N9O6/c1-50(2,34-23-32(26-54)45(42(53)24-34)67-22-16-52)33-3-6-39(7-4-33)68-29-35-11-17-55-49(56-35)61-30-51(31-61)14-20-59(21-15-51)36-12-18-58(19-13-36)38-27-60(28-38)37-5-8-40-41(25-37)48(66)62(47(40)65)43-9-10-44(63)57-46(43)64/h3-8,11,17,23-25,36,38,43H,9-10,12-16,18-22,27-31H2,1-2H3,(H,57,63,64). The fourth-order valence-corrected chi connectivity index (χ4v) is 11.3. The van der Waals surface area contributed by atoms with Crippen LogP contribution in [0.1, 0.15) is 95.5 Å². The Hall–Kier alpha value is -5.79. The minimum absolute atomic E-state index is 0.0984. The number of amides is 4. The number of nitriles is 1. The van der Waals surface area contributed by atoms with Gasteiger partial charge in [-0.05, 0) is 105 Å². The van der Waals surface area contributed by atoms with E-state index in [1.54, 1.807) is 12.1 Å². The summed E-state index contributed by atoms with van der Waals surface area (Å²) in [5.74, 6) is 0.205. The van der Waals surface area contributed by atoms with Gasteiger partial charge in [-0.15, -0.1) is 11.6 Å². The van der Waals surface area contributed by atoms with Gasteiger partial charge in [-0.2, -0.15) is 5.26 Å². The summed E-state index contributed by atoms with van der Waals surface area (Å²) in [5, 5.41) is 12.4. The number of imide groups is 2. The van der Waals surface area contributed by atoms with Crippen molar-refractivity contribution < 1.29 is 28.7 Å². The van der Waals surface area contributed by atoms with Gasteiger partial charge in [0.2, 0.25) is 17.8 Å². The summed E-state index contributed by atoms with van der Waals surface area (Å²) < 4.78 is 11.8. The molecule has 68 heavy (non-hydrogen) atoms. The van der Waals surface area contributed by atoms with Gasteiger partial charge in [0, 0.05) is 80.5 Å². The summed E-state index contributed by atoms with van der Waals surface area (Å²) in [6.45, 7) is 12.8. The van der Waals surface area contributed by atoms with E-state index in [1.807, 2.05) is 54.7 Å². The van der Waals surface area contributed by atoms with E-state index in [1.165, 1.54) is 12.8 Å². The van der Waals surface area contributed by atoms with Gasteiger partial charge in [-0.25, -0.2) is 9.97 Å². The Morgan fingerprint density at radius 2 is 1.56 bits per heavy atom. The fourth-order valence-electron chi connectivity index (χ4n) is 11.0. The van der Waals surface area contributed by atoms with Crippen LogP contribution >= 0.6 is 23.2 Å². The first-order chi connectivity index (χ1) is 32.8. The third-order valence-corrected chi connectivity index (χ3v) is 15.7. The van der Waals surface area contributed by atoms with Gasteiger partial charge in [0.1, 0.15) is 31.1 Å². The van der Waals surface area contributed by atoms with Gasteiger partial charge in [-0.3, -0.25) is 34.3 Å². The number of likely N-dealkylation sites (tertiary alicyclic amines) is 2. The van der Waals surface area contributed by atoms with Crippen molar-refractivity contribution in [3.63, 3.8) is 0 Å². The molecule has 1 N–H and O–H groups in total. The number of fused-ring (bicyclic) bond motifs is 1. The minimum atomic E-state index is -0.965. The minimum Gasteiger partial charge on any atom is -0.489 e. The van der Waals surface area contributed by atoms with Crippen molar-refractivity contribution in [2.24, 2.45) is 5.41 Å². The number of aromatic nitrogens is 2. The predicted molar refractivity (Wildman–Crippen MR) is 256 cm³/mol. The Kier molecular flexibility index (Phi) is 12.6. The first-order valence-corrected chi connectivity index (χ1v) is 24.6. The molecule has 5 fully saturated rings. The molecule has 1 aromatic heterocycles. The first kappa shape index (κ1) is 46.0.